The van der Waals surface area contributed by atoms with Crippen LogP contribution in [0.1, 0.15) is 54.7 Å². The summed E-state index contributed by atoms with van der Waals surface area (Å²) in [4.78, 5) is 9.54. The number of benzene rings is 2. The number of nitrogens with zero attached hydrogens (tertiary/aromatic N) is 2. The highest BCUT2D eigenvalue weighted by Crippen LogP contribution is 2.34. The minimum Gasteiger partial charge on any atom is -0.238 e. The Balaban J connectivity index is 1.91. The van der Waals surface area contributed by atoms with Gasteiger partial charge >= 0.3 is 0 Å². The quantitative estimate of drug-likeness (QED) is 0.469. The summed E-state index contributed by atoms with van der Waals surface area (Å²) in [5.41, 5.74) is 6.64. The summed E-state index contributed by atoms with van der Waals surface area (Å²) in [7, 11) is 0. The predicted octanol–water partition coefficient (Wildman–Crippen LogP) is 4.73. The third-order valence-electron chi connectivity index (χ3n) is 4.71. The second-order valence-corrected chi connectivity index (χ2v) is 7.62. The smallest absolute Gasteiger partial charge is 0.125 e. The zero-order chi connectivity index (χ0) is 16.2. The topological polar surface area (TPSA) is 25.8 Å². The zero-order valence-corrected chi connectivity index (χ0v) is 14.3. The Morgan fingerprint density at radius 3 is 2.09 bits per heavy atom. The molecule has 2 heteroatoms. The van der Waals surface area contributed by atoms with Crippen LogP contribution >= 0.6 is 0 Å². The molecule has 23 heavy (non-hydrogen) atoms. The van der Waals surface area contributed by atoms with E-state index in [0.717, 1.165) is 18.7 Å². The molecule has 0 amide bonds. The van der Waals surface area contributed by atoms with E-state index in [1.54, 1.807) is 0 Å². The van der Waals surface area contributed by atoms with Crippen LogP contribution in [0.3, 0.4) is 0 Å². The fourth-order valence-corrected chi connectivity index (χ4v) is 3.64. The third-order valence-corrected chi connectivity index (χ3v) is 4.71. The molecular weight excluding hydrogens is 280 g/mol. The number of hydrogen-bond donors (Lipinski definition) is 0. The van der Waals surface area contributed by atoms with Gasteiger partial charge in [-0.3, -0.25) is 0 Å². The maximum atomic E-state index is 4.78. The highest BCUT2D eigenvalue weighted by Gasteiger charge is 2.27. The van der Waals surface area contributed by atoms with E-state index < -0.39 is 0 Å². The van der Waals surface area contributed by atoms with Gasteiger partial charge < -0.3 is 0 Å². The van der Waals surface area contributed by atoms with E-state index >= 15 is 0 Å². The molecule has 1 aliphatic rings. The van der Waals surface area contributed by atoms with Crippen molar-refractivity contribution in [2.45, 2.75) is 46.0 Å². The molecule has 116 valence electrons. The van der Waals surface area contributed by atoms with Crippen molar-refractivity contribution < 1.29 is 0 Å². The van der Waals surface area contributed by atoms with Crippen molar-refractivity contribution in [2.24, 2.45) is 0 Å². The summed E-state index contributed by atoms with van der Waals surface area (Å²) >= 11 is 0. The second-order valence-electron chi connectivity index (χ2n) is 7.62. The lowest BCUT2D eigenvalue weighted by Gasteiger charge is -2.27. The van der Waals surface area contributed by atoms with Gasteiger partial charge in [-0.15, -0.1) is 0 Å². The molecule has 0 atom stereocenters. The molecule has 1 heterocycles. The molecule has 0 saturated carbocycles. The van der Waals surface area contributed by atoms with Crippen LogP contribution in [-0.2, 0) is 18.3 Å². The molecule has 0 unspecified atom stereocenters. The Bertz CT molecular complexity index is 917. The highest BCUT2D eigenvalue weighted by molar-refractivity contribution is 5.84. The first-order chi connectivity index (χ1) is 10.9. The van der Waals surface area contributed by atoms with Gasteiger partial charge in [0.15, 0.2) is 0 Å². The van der Waals surface area contributed by atoms with Gasteiger partial charge in [-0.25, -0.2) is 9.97 Å². The van der Waals surface area contributed by atoms with Crippen molar-refractivity contribution in [1.29, 1.82) is 0 Å². The van der Waals surface area contributed by atoms with Crippen LogP contribution in [-0.4, -0.2) is 9.97 Å². The van der Waals surface area contributed by atoms with Gasteiger partial charge in [0.1, 0.15) is 5.82 Å². The number of hydrogen-bond acceptors (Lipinski definition) is 2. The summed E-state index contributed by atoms with van der Waals surface area (Å²) < 4.78 is 0. The second kappa shape index (κ2) is 4.89. The van der Waals surface area contributed by atoms with E-state index in [0.29, 0.717) is 0 Å². The van der Waals surface area contributed by atoms with Gasteiger partial charge in [-0.2, -0.15) is 0 Å². The molecule has 0 N–H and O–H groups in total. The SMILES string of the molecule is Cc1nc2c(c(C(C)(C)C)n1)Cc1cc3ccccc3cc1C2. The Morgan fingerprint density at radius 1 is 0.870 bits per heavy atom. The van der Waals surface area contributed by atoms with Crippen LogP contribution in [0.25, 0.3) is 10.8 Å². The standard InChI is InChI=1S/C21H22N2/c1-13-22-19-12-17-10-15-8-6-5-7-14(15)9-16(17)11-18(19)20(23-13)21(2,3)4/h5-10H,11-12H2,1-4H3. The average molecular weight is 302 g/mol. The maximum absolute atomic E-state index is 4.78. The van der Waals surface area contributed by atoms with Crippen molar-refractivity contribution in [3.05, 3.63) is 70.3 Å². The molecule has 4 rings (SSSR count). The van der Waals surface area contributed by atoms with Crippen LogP contribution in [0, 0.1) is 6.92 Å². The third kappa shape index (κ3) is 2.42. The van der Waals surface area contributed by atoms with Crippen molar-refractivity contribution in [1.82, 2.24) is 9.97 Å². The summed E-state index contributed by atoms with van der Waals surface area (Å²) in [6.45, 7) is 8.73. The van der Waals surface area contributed by atoms with Crippen molar-refractivity contribution in [2.75, 3.05) is 0 Å². The largest absolute Gasteiger partial charge is 0.238 e. The lowest BCUT2D eigenvalue weighted by atomic mass is 9.80. The molecule has 0 bridgehead atoms. The number of rotatable bonds is 0. The first-order valence-corrected chi connectivity index (χ1v) is 8.29. The Morgan fingerprint density at radius 2 is 1.48 bits per heavy atom. The Labute approximate surface area is 137 Å². The molecule has 0 saturated heterocycles. The van der Waals surface area contributed by atoms with E-state index in [2.05, 4.69) is 57.2 Å². The molecule has 1 aromatic heterocycles. The van der Waals surface area contributed by atoms with Crippen molar-refractivity contribution in [3.63, 3.8) is 0 Å². The summed E-state index contributed by atoms with van der Waals surface area (Å²) in [6.07, 6.45) is 1.87. The van der Waals surface area contributed by atoms with Crippen molar-refractivity contribution in [3.8, 4) is 0 Å². The van der Waals surface area contributed by atoms with Crippen LogP contribution in [0.15, 0.2) is 36.4 Å². The molecule has 0 fully saturated rings. The number of aryl methyl sites for hydroxylation is 1. The maximum Gasteiger partial charge on any atom is 0.125 e. The number of fused-ring (bicyclic) bond motifs is 3. The summed E-state index contributed by atoms with van der Waals surface area (Å²) in [5, 5.41) is 2.64. The van der Waals surface area contributed by atoms with E-state index in [1.807, 2.05) is 6.92 Å². The van der Waals surface area contributed by atoms with Gasteiger partial charge in [-0.05, 0) is 28.8 Å². The normalized spacial score (nSPS) is 13.7. The lowest BCUT2D eigenvalue weighted by molar-refractivity contribution is 0.552. The van der Waals surface area contributed by atoms with E-state index in [-0.39, 0.29) is 5.41 Å². The minimum atomic E-state index is 0.0478. The van der Waals surface area contributed by atoms with E-state index in [9.17, 15) is 0 Å². The molecule has 0 aliphatic heterocycles. The van der Waals surface area contributed by atoms with Crippen molar-refractivity contribution >= 4 is 10.8 Å². The predicted molar refractivity (Wildman–Crippen MR) is 95.0 cm³/mol. The Kier molecular flexibility index (Phi) is 3.06. The van der Waals surface area contributed by atoms with Crippen LogP contribution in [0.2, 0.25) is 0 Å². The van der Waals surface area contributed by atoms with Gasteiger partial charge in [0.05, 0.1) is 11.4 Å². The highest BCUT2D eigenvalue weighted by atomic mass is 14.9. The molecule has 2 aromatic carbocycles. The van der Waals surface area contributed by atoms with Gasteiger partial charge in [-0.1, -0.05) is 57.2 Å². The number of aromatic nitrogens is 2. The fraction of sp³-hybridized carbons (Fsp3) is 0.333. The fourth-order valence-electron chi connectivity index (χ4n) is 3.64. The molecule has 0 spiro atoms. The van der Waals surface area contributed by atoms with Gasteiger partial charge in [0.25, 0.3) is 0 Å². The molecular formula is C21H22N2. The van der Waals surface area contributed by atoms with Gasteiger partial charge in [0.2, 0.25) is 0 Å². The summed E-state index contributed by atoms with van der Waals surface area (Å²) in [6, 6.07) is 13.3. The van der Waals surface area contributed by atoms with Crippen LogP contribution < -0.4 is 0 Å². The molecule has 2 nitrogen and oxygen atoms in total. The van der Waals surface area contributed by atoms with Crippen LogP contribution in [0.4, 0.5) is 0 Å². The van der Waals surface area contributed by atoms with Crippen LogP contribution in [0.5, 0.6) is 0 Å². The molecule has 0 radical (unpaired) electrons. The Hall–Kier alpha value is -2.22. The molecule has 1 aliphatic carbocycles. The average Bonchev–Trinajstić information content (AvgIpc) is 2.49. The molecule has 3 aromatic rings. The van der Waals surface area contributed by atoms with E-state index in [4.69, 9.17) is 9.97 Å². The van der Waals surface area contributed by atoms with Gasteiger partial charge in [0, 0.05) is 23.8 Å². The summed E-state index contributed by atoms with van der Waals surface area (Å²) in [5.74, 6) is 0.887. The van der Waals surface area contributed by atoms with E-state index in [1.165, 1.54) is 38.9 Å². The first kappa shape index (κ1) is 14.4. The monoisotopic (exact) mass is 302 g/mol. The minimum absolute atomic E-state index is 0.0478. The lowest BCUT2D eigenvalue weighted by Crippen LogP contribution is -2.23. The first-order valence-electron chi connectivity index (χ1n) is 8.29. The zero-order valence-electron chi connectivity index (χ0n) is 14.3.